The van der Waals surface area contributed by atoms with Crippen molar-refractivity contribution in [3.63, 3.8) is 0 Å². The molecule has 2 amide bonds. The summed E-state index contributed by atoms with van der Waals surface area (Å²) in [5, 5.41) is 25.8. The number of fused-ring (bicyclic) bond motifs is 2. The van der Waals surface area contributed by atoms with Crippen LogP contribution in [0.15, 0.2) is 60.7 Å². The minimum absolute atomic E-state index is 0.220. The molecule has 3 aromatic carbocycles. The van der Waals surface area contributed by atoms with E-state index in [-0.39, 0.29) is 5.91 Å². The number of benzene rings is 3. The third kappa shape index (κ3) is 3.38. The number of anilines is 2. The molecule has 0 spiro atoms. The van der Waals surface area contributed by atoms with Gasteiger partial charge in [0.2, 0.25) is 0 Å². The van der Waals surface area contributed by atoms with E-state index in [1.807, 2.05) is 48.5 Å². The zero-order chi connectivity index (χ0) is 19.7. The van der Waals surface area contributed by atoms with Gasteiger partial charge < -0.3 is 20.8 Å². The molecule has 6 heteroatoms. The number of aliphatic hydroxyl groups is 2. The summed E-state index contributed by atoms with van der Waals surface area (Å²) in [6.07, 6.45) is 0.308. The minimum Gasteiger partial charge on any atom is -0.393 e. The first-order valence-corrected chi connectivity index (χ1v) is 8.81. The van der Waals surface area contributed by atoms with E-state index in [1.54, 1.807) is 18.2 Å². The summed E-state index contributed by atoms with van der Waals surface area (Å²) in [5.41, 5.74) is 3.12. The highest BCUT2D eigenvalue weighted by atomic mass is 16.3. The Balaban J connectivity index is 1.69. The number of carbonyl (C=O) groups is 2. The fraction of sp³-hybridized carbons (Fsp3) is 0.0909. The predicted octanol–water partition coefficient (Wildman–Crippen LogP) is 2.62. The number of hydrogen-bond donors (Lipinski definition) is 4. The Morgan fingerprint density at radius 3 is 2.64 bits per heavy atom. The second-order valence-electron chi connectivity index (χ2n) is 6.57. The fourth-order valence-electron chi connectivity index (χ4n) is 3.18. The molecule has 6 nitrogen and oxygen atoms in total. The molecule has 3 aromatic rings. The van der Waals surface area contributed by atoms with Gasteiger partial charge in [0.15, 0.2) is 6.10 Å². The second-order valence-corrected chi connectivity index (χ2v) is 6.57. The normalized spacial score (nSPS) is 15.4. The van der Waals surface area contributed by atoms with Gasteiger partial charge in [-0.25, -0.2) is 0 Å². The summed E-state index contributed by atoms with van der Waals surface area (Å²) in [4.78, 5) is 24.2. The molecule has 1 heterocycles. The van der Waals surface area contributed by atoms with Crippen LogP contribution in [0.1, 0.15) is 11.1 Å². The van der Waals surface area contributed by atoms with Gasteiger partial charge in [0.25, 0.3) is 11.8 Å². The Labute approximate surface area is 161 Å². The Bertz CT molecular complexity index is 1120. The summed E-state index contributed by atoms with van der Waals surface area (Å²) >= 11 is 0. The largest absolute Gasteiger partial charge is 0.393 e. The van der Waals surface area contributed by atoms with E-state index in [1.165, 1.54) is 0 Å². The lowest BCUT2D eigenvalue weighted by molar-refractivity contribution is -0.125. The summed E-state index contributed by atoms with van der Waals surface area (Å²) in [6, 6.07) is 18.9. The molecule has 140 valence electrons. The van der Waals surface area contributed by atoms with Crippen LogP contribution in [-0.4, -0.2) is 34.7 Å². The Hall–Kier alpha value is -3.48. The Morgan fingerprint density at radius 2 is 1.86 bits per heavy atom. The highest BCUT2D eigenvalue weighted by Gasteiger charge is 2.25. The lowest BCUT2D eigenvalue weighted by Crippen LogP contribution is -2.30. The molecular formula is C22H18N2O4. The Kier molecular flexibility index (Phi) is 4.65. The van der Waals surface area contributed by atoms with Crippen molar-refractivity contribution in [1.29, 1.82) is 0 Å². The SMILES string of the molecule is O=C1Nc2ccc(NC(=O)C(O)CO)cc2C1=Cc1ccc2ccccc2c1. The molecule has 1 atom stereocenters. The molecule has 0 aromatic heterocycles. The summed E-state index contributed by atoms with van der Waals surface area (Å²) in [7, 11) is 0. The van der Waals surface area contributed by atoms with Crippen LogP contribution in [0, 0.1) is 0 Å². The lowest BCUT2D eigenvalue weighted by Gasteiger charge is -2.10. The van der Waals surface area contributed by atoms with Gasteiger partial charge in [-0.2, -0.15) is 0 Å². The van der Waals surface area contributed by atoms with Gasteiger partial charge in [-0.05, 0) is 46.7 Å². The first-order chi connectivity index (χ1) is 13.5. The van der Waals surface area contributed by atoms with Crippen molar-refractivity contribution in [3.05, 3.63) is 71.8 Å². The van der Waals surface area contributed by atoms with E-state index < -0.39 is 18.6 Å². The second kappa shape index (κ2) is 7.26. The summed E-state index contributed by atoms with van der Waals surface area (Å²) in [5.74, 6) is -0.929. The average molecular weight is 374 g/mol. The number of nitrogens with one attached hydrogen (secondary N) is 2. The maximum Gasteiger partial charge on any atom is 0.256 e. The quantitative estimate of drug-likeness (QED) is 0.528. The zero-order valence-corrected chi connectivity index (χ0v) is 14.8. The van der Waals surface area contributed by atoms with Crippen molar-refractivity contribution in [2.75, 3.05) is 17.2 Å². The molecule has 1 aliphatic rings. The molecule has 28 heavy (non-hydrogen) atoms. The van der Waals surface area contributed by atoms with Crippen LogP contribution in [0.2, 0.25) is 0 Å². The summed E-state index contributed by atoms with van der Waals surface area (Å²) in [6.45, 7) is -0.663. The molecule has 0 saturated heterocycles. The molecule has 0 radical (unpaired) electrons. The predicted molar refractivity (Wildman–Crippen MR) is 109 cm³/mol. The smallest absolute Gasteiger partial charge is 0.256 e. The van der Waals surface area contributed by atoms with Crippen molar-refractivity contribution < 1.29 is 19.8 Å². The van der Waals surface area contributed by atoms with Gasteiger partial charge in [0.1, 0.15) is 0 Å². The van der Waals surface area contributed by atoms with E-state index >= 15 is 0 Å². The van der Waals surface area contributed by atoms with Gasteiger partial charge in [-0.1, -0.05) is 36.4 Å². The maximum absolute atomic E-state index is 12.4. The number of hydrogen-bond acceptors (Lipinski definition) is 4. The van der Waals surface area contributed by atoms with E-state index in [0.29, 0.717) is 22.5 Å². The third-order valence-corrected chi connectivity index (χ3v) is 4.63. The van der Waals surface area contributed by atoms with Crippen LogP contribution < -0.4 is 10.6 Å². The molecule has 0 fully saturated rings. The van der Waals surface area contributed by atoms with Crippen molar-refractivity contribution >= 4 is 45.6 Å². The number of rotatable bonds is 4. The van der Waals surface area contributed by atoms with Crippen molar-refractivity contribution in [2.24, 2.45) is 0 Å². The Morgan fingerprint density at radius 1 is 1.07 bits per heavy atom. The molecule has 0 saturated carbocycles. The standard InChI is InChI=1S/C22H18N2O4/c25-12-20(26)22(28)23-16-7-8-19-17(11-16)18(21(27)24-19)10-13-5-6-14-3-1-2-4-15(14)9-13/h1-11,20,25-26H,12H2,(H,23,28)(H,24,27). The first-order valence-electron chi connectivity index (χ1n) is 8.81. The molecule has 0 aliphatic carbocycles. The van der Waals surface area contributed by atoms with Crippen molar-refractivity contribution in [3.8, 4) is 0 Å². The van der Waals surface area contributed by atoms with Crippen molar-refractivity contribution in [1.82, 2.24) is 0 Å². The molecule has 4 rings (SSSR count). The molecule has 0 bridgehead atoms. The van der Waals surface area contributed by atoms with Crippen molar-refractivity contribution in [2.45, 2.75) is 6.10 Å². The number of amides is 2. The van der Waals surface area contributed by atoms with Gasteiger partial charge in [-0.15, -0.1) is 0 Å². The maximum atomic E-state index is 12.4. The highest BCUT2D eigenvalue weighted by Crippen LogP contribution is 2.35. The van der Waals surface area contributed by atoms with E-state index in [4.69, 9.17) is 5.11 Å². The van der Waals surface area contributed by atoms with E-state index in [9.17, 15) is 14.7 Å². The van der Waals surface area contributed by atoms with E-state index in [0.717, 1.165) is 16.3 Å². The monoisotopic (exact) mass is 374 g/mol. The highest BCUT2D eigenvalue weighted by molar-refractivity contribution is 6.35. The van der Waals surface area contributed by atoms with Crippen LogP contribution in [0.25, 0.3) is 22.4 Å². The molecule has 1 unspecified atom stereocenters. The van der Waals surface area contributed by atoms with E-state index in [2.05, 4.69) is 10.6 Å². The average Bonchev–Trinajstić information content (AvgIpc) is 3.02. The van der Waals surface area contributed by atoms with Crippen LogP contribution in [0.5, 0.6) is 0 Å². The fourth-order valence-corrected chi connectivity index (χ4v) is 3.18. The van der Waals surface area contributed by atoms with Gasteiger partial charge in [0, 0.05) is 22.5 Å². The molecule has 1 aliphatic heterocycles. The third-order valence-electron chi connectivity index (χ3n) is 4.63. The van der Waals surface area contributed by atoms with Gasteiger partial charge >= 0.3 is 0 Å². The van der Waals surface area contributed by atoms with Crippen LogP contribution in [-0.2, 0) is 9.59 Å². The first kappa shape index (κ1) is 17.9. The van der Waals surface area contributed by atoms with Gasteiger partial charge in [-0.3, -0.25) is 9.59 Å². The molecular weight excluding hydrogens is 356 g/mol. The zero-order valence-electron chi connectivity index (χ0n) is 14.8. The van der Waals surface area contributed by atoms with Crippen LogP contribution in [0.4, 0.5) is 11.4 Å². The van der Waals surface area contributed by atoms with Crippen LogP contribution >= 0.6 is 0 Å². The lowest BCUT2D eigenvalue weighted by atomic mass is 10.0. The number of aliphatic hydroxyl groups excluding tert-OH is 2. The van der Waals surface area contributed by atoms with Crippen LogP contribution in [0.3, 0.4) is 0 Å². The molecule has 4 N–H and O–H groups in total. The number of carbonyl (C=O) groups excluding carboxylic acids is 2. The minimum atomic E-state index is -1.50. The summed E-state index contributed by atoms with van der Waals surface area (Å²) < 4.78 is 0. The van der Waals surface area contributed by atoms with Gasteiger partial charge in [0.05, 0.1) is 6.61 Å². The topological polar surface area (TPSA) is 98.7 Å².